The molecule has 0 radical (unpaired) electrons. The smallest absolute Gasteiger partial charge is 0.150 e. The maximum atomic E-state index is 5.96. The molecule has 4 heteroatoms. The molecule has 0 bridgehead atoms. The number of nitrogen functional groups attached to an aromatic ring is 1. The van der Waals surface area contributed by atoms with E-state index in [1.54, 1.807) is 0 Å². The van der Waals surface area contributed by atoms with Crippen molar-refractivity contribution in [2.24, 2.45) is 0 Å². The molecule has 0 saturated carbocycles. The highest BCUT2D eigenvalue weighted by atomic mass is 16.5. The lowest BCUT2D eigenvalue weighted by Crippen LogP contribution is -2.06. The molecule has 4 nitrogen and oxygen atoms in total. The van der Waals surface area contributed by atoms with Gasteiger partial charge in [-0.15, -0.1) is 0 Å². The minimum Gasteiger partial charge on any atom is -0.491 e. The first-order valence-electron chi connectivity index (χ1n) is 6.35. The second-order valence-electron chi connectivity index (χ2n) is 4.82. The Labute approximate surface area is 113 Å². The Balaban J connectivity index is 2.44. The topological polar surface area (TPSA) is 61.0 Å². The summed E-state index contributed by atoms with van der Waals surface area (Å²) in [4.78, 5) is 8.83. The van der Waals surface area contributed by atoms with Gasteiger partial charge in [0.2, 0.25) is 0 Å². The SMILES string of the molecule is Cc1nc(N)c(-c2cccc(OC(C)C)c2)nc1C. The highest BCUT2D eigenvalue weighted by molar-refractivity contribution is 5.71. The van der Waals surface area contributed by atoms with Gasteiger partial charge in [-0.25, -0.2) is 9.97 Å². The summed E-state index contributed by atoms with van der Waals surface area (Å²) < 4.78 is 5.68. The number of ether oxygens (including phenoxy) is 1. The number of hydrogen-bond acceptors (Lipinski definition) is 4. The van der Waals surface area contributed by atoms with Gasteiger partial charge in [0.25, 0.3) is 0 Å². The van der Waals surface area contributed by atoms with Crippen LogP contribution in [0.2, 0.25) is 0 Å². The lowest BCUT2D eigenvalue weighted by Gasteiger charge is -2.12. The summed E-state index contributed by atoms with van der Waals surface area (Å²) in [6.45, 7) is 7.83. The van der Waals surface area contributed by atoms with Gasteiger partial charge in [-0.1, -0.05) is 12.1 Å². The summed E-state index contributed by atoms with van der Waals surface area (Å²) in [7, 11) is 0. The molecule has 0 aliphatic rings. The first-order valence-corrected chi connectivity index (χ1v) is 6.35. The normalized spacial score (nSPS) is 10.8. The van der Waals surface area contributed by atoms with Crippen molar-refractivity contribution >= 4 is 5.82 Å². The summed E-state index contributed by atoms with van der Waals surface area (Å²) >= 11 is 0. The molecule has 1 aromatic heterocycles. The van der Waals surface area contributed by atoms with E-state index in [0.717, 1.165) is 22.7 Å². The Hall–Kier alpha value is -2.10. The Morgan fingerprint density at radius 2 is 1.79 bits per heavy atom. The van der Waals surface area contributed by atoms with Crippen molar-refractivity contribution in [3.63, 3.8) is 0 Å². The van der Waals surface area contributed by atoms with E-state index < -0.39 is 0 Å². The fraction of sp³-hybridized carbons (Fsp3) is 0.333. The highest BCUT2D eigenvalue weighted by Crippen LogP contribution is 2.27. The van der Waals surface area contributed by atoms with Crippen molar-refractivity contribution in [1.82, 2.24) is 9.97 Å². The van der Waals surface area contributed by atoms with Gasteiger partial charge < -0.3 is 10.5 Å². The molecule has 2 rings (SSSR count). The van der Waals surface area contributed by atoms with E-state index in [-0.39, 0.29) is 6.10 Å². The molecule has 19 heavy (non-hydrogen) atoms. The summed E-state index contributed by atoms with van der Waals surface area (Å²) in [5.41, 5.74) is 9.33. The van der Waals surface area contributed by atoms with Crippen LogP contribution in [0.3, 0.4) is 0 Å². The predicted molar refractivity (Wildman–Crippen MR) is 77.1 cm³/mol. The zero-order chi connectivity index (χ0) is 14.0. The third kappa shape index (κ3) is 3.02. The van der Waals surface area contributed by atoms with Crippen molar-refractivity contribution < 1.29 is 4.74 Å². The zero-order valence-electron chi connectivity index (χ0n) is 11.8. The summed E-state index contributed by atoms with van der Waals surface area (Å²) in [5, 5.41) is 0. The highest BCUT2D eigenvalue weighted by Gasteiger charge is 2.09. The third-order valence-corrected chi connectivity index (χ3v) is 2.81. The minimum absolute atomic E-state index is 0.137. The molecule has 0 spiro atoms. The van der Waals surface area contributed by atoms with Crippen molar-refractivity contribution in [2.45, 2.75) is 33.8 Å². The molecule has 0 atom stereocenters. The molecule has 0 aliphatic heterocycles. The number of benzene rings is 1. The fourth-order valence-electron chi connectivity index (χ4n) is 1.82. The van der Waals surface area contributed by atoms with E-state index in [1.807, 2.05) is 52.0 Å². The molecule has 100 valence electrons. The molecule has 0 saturated heterocycles. The van der Waals surface area contributed by atoms with Crippen LogP contribution in [-0.2, 0) is 0 Å². The van der Waals surface area contributed by atoms with Crippen LogP contribution in [0, 0.1) is 13.8 Å². The predicted octanol–water partition coefficient (Wildman–Crippen LogP) is 3.13. The number of aromatic nitrogens is 2. The van der Waals surface area contributed by atoms with Gasteiger partial charge in [0.1, 0.15) is 17.3 Å². The molecule has 0 unspecified atom stereocenters. The summed E-state index contributed by atoms with van der Waals surface area (Å²) in [6, 6.07) is 7.76. The number of aryl methyl sites for hydroxylation is 2. The quantitative estimate of drug-likeness (QED) is 0.917. The van der Waals surface area contributed by atoms with Crippen LogP contribution in [0.25, 0.3) is 11.3 Å². The van der Waals surface area contributed by atoms with Gasteiger partial charge in [-0.3, -0.25) is 0 Å². The Kier molecular flexibility index (Phi) is 3.69. The van der Waals surface area contributed by atoms with Gasteiger partial charge in [0.15, 0.2) is 0 Å². The summed E-state index contributed by atoms with van der Waals surface area (Å²) in [6.07, 6.45) is 0.137. The first-order chi connectivity index (χ1) is 8.97. The van der Waals surface area contributed by atoms with E-state index in [1.165, 1.54) is 0 Å². The van der Waals surface area contributed by atoms with Crippen molar-refractivity contribution in [3.05, 3.63) is 35.7 Å². The van der Waals surface area contributed by atoms with E-state index >= 15 is 0 Å². The molecule has 0 amide bonds. The molecule has 0 fully saturated rings. The van der Waals surface area contributed by atoms with E-state index in [2.05, 4.69) is 9.97 Å². The Bertz CT molecular complexity index is 594. The van der Waals surface area contributed by atoms with E-state index in [4.69, 9.17) is 10.5 Å². The van der Waals surface area contributed by atoms with Gasteiger partial charge in [0, 0.05) is 5.56 Å². The fourth-order valence-corrected chi connectivity index (χ4v) is 1.82. The molecule has 2 aromatic rings. The van der Waals surface area contributed by atoms with E-state index in [9.17, 15) is 0 Å². The zero-order valence-corrected chi connectivity index (χ0v) is 11.8. The lowest BCUT2D eigenvalue weighted by molar-refractivity contribution is 0.242. The number of rotatable bonds is 3. The summed E-state index contributed by atoms with van der Waals surface area (Å²) in [5.74, 6) is 1.26. The van der Waals surface area contributed by atoms with Gasteiger partial charge >= 0.3 is 0 Å². The van der Waals surface area contributed by atoms with Crippen LogP contribution in [-0.4, -0.2) is 16.1 Å². The van der Waals surface area contributed by atoms with Crippen LogP contribution in [0.15, 0.2) is 24.3 Å². The Morgan fingerprint density at radius 3 is 2.47 bits per heavy atom. The van der Waals surface area contributed by atoms with Crippen LogP contribution in [0.5, 0.6) is 5.75 Å². The van der Waals surface area contributed by atoms with Crippen molar-refractivity contribution in [2.75, 3.05) is 5.73 Å². The number of anilines is 1. The minimum atomic E-state index is 0.137. The third-order valence-electron chi connectivity index (χ3n) is 2.81. The number of nitrogens with zero attached hydrogens (tertiary/aromatic N) is 2. The average molecular weight is 257 g/mol. The lowest BCUT2D eigenvalue weighted by atomic mass is 10.1. The largest absolute Gasteiger partial charge is 0.491 e. The second-order valence-corrected chi connectivity index (χ2v) is 4.82. The monoisotopic (exact) mass is 257 g/mol. The van der Waals surface area contributed by atoms with Crippen LogP contribution >= 0.6 is 0 Å². The molecule has 1 heterocycles. The number of hydrogen-bond donors (Lipinski definition) is 1. The second kappa shape index (κ2) is 5.26. The van der Waals surface area contributed by atoms with Crippen LogP contribution in [0.1, 0.15) is 25.2 Å². The molecular weight excluding hydrogens is 238 g/mol. The maximum absolute atomic E-state index is 5.96. The standard InChI is InChI=1S/C15H19N3O/c1-9(2)19-13-7-5-6-12(8-13)14-15(16)18-11(4)10(3)17-14/h5-9H,1-4H3,(H2,16,18). The first kappa shape index (κ1) is 13.3. The van der Waals surface area contributed by atoms with Crippen molar-refractivity contribution in [1.29, 1.82) is 0 Å². The van der Waals surface area contributed by atoms with Crippen molar-refractivity contribution in [3.8, 4) is 17.0 Å². The average Bonchev–Trinajstić information content (AvgIpc) is 2.33. The molecule has 1 aromatic carbocycles. The Morgan fingerprint density at radius 1 is 1.11 bits per heavy atom. The molecular formula is C15H19N3O. The van der Waals surface area contributed by atoms with Gasteiger partial charge in [-0.05, 0) is 39.8 Å². The molecule has 0 aliphatic carbocycles. The maximum Gasteiger partial charge on any atom is 0.150 e. The number of nitrogens with two attached hydrogens (primary N) is 1. The molecule has 2 N–H and O–H groups in total. The van der Waals surface area contributed by atoms with Crippen LogP contribution in [0.4, 0.5) is 5.82 Å². The van der Waals surface area contributed by atoms with Gasteiger partial charge in [-0.2, -0.15) is 0 Å². The van der Waals surface area contributed by atoms with Gasteiger partial charge in [0.05, 0.1) is 17.5 Å². The van der Waals surface area contributed by atoms with Crippen LogP contribution < -0.4 is 10.5 Å². The van der Waals surface area contributed by atoms with E-state index in [0.29, 0.717) is 11.5 Å².